The summed E-state index contributed by atoms with van der Waals surface area (Å²) in [6, 6.07) is 27.5. The van der Waals surface area contributed by atoms with Crippen molar-refractivity contribution in [3.63, 3.8) is 0 Å². The molecule has 3 aromatic carbocycles. The Hall–Kier alpha value is -3.84. The fourth-order valence-electron chi connectivity index (χ4n) is 5.22. The van der Waals surface area contributed by atoms with Crippen molar-refractivity contribution >= 4 is 17.6 Å². The van der Waals surface area contributed by atoms with Crippen molar-refractivity contribution in [3.8, 4) is 5.75 Å². The van der Waals surface area contributed by atoms with Gasteiger partial charge in [-0.15, -0.1) is 0 Å². The standard InChI is InChI=1S/C29H32N4O3/c1-36-26-15-9-8-14-25(26)32-18-16-31(17-19-32)22-33-27(34)29(30-28(33)35,20-23-10-4-2-5-11-23)21-24-12-6-3-7-13-24/h2-15H,16-22H2,1H3,(H,30,35). The fourth-order valence-corrected chi connectivity index (χ4v) is 5.22. The lowest BCUT2D eigenvalue weighted by atomic mass is 9.84. The highest BCUT2D eigenvalue weighted by molar-refractivity contribution is 6.07. The third-order valence-corrected chi connectivity index (χ3v) is 7.08. The summed E-state index contributed by atoms with van der Waals surface area (Å²) < 4.78 is 5.52. The van der Waals surface area contributed by atoms with E-state index in [2.05, 4.69) is 21.2 Å². The number of urea groups is 1. The fraction of sp³-hybridized carbons (Fsp3) is 0.310. The molecule has 0 saturated carbocycles. The second kappa shape index (κ2) is 10.4. The van der Waals surface area contributed by atoms with Gasteiger partial charge >= 0.3 is 6.03 Å². The van der Waals surface area contributed by atoms with Crippen LogP contribution in [-0.2, 0) is 17.6 Å². The number of piperazine rings is 1. The predicted octanol–water partition coefficient (Wildman–Crippen LogP) is 3.55. The maximum atomic E-state index is 13.9. The molecule has 0 aromatic heterocycles. The Morgan fingerprint density at radius 1 is 0.778 bits per heavy atom. The molecule has 0 radical (unpaired) electrons. The van der Waals surface area contributed by atoms with Crippen LogP contribution in [-0.4, -0.2) is 67.2 Å². The Morgan fingerprint density at radius 2 is 1.33 bits per heavy atom. The molecule has 7 nitrogen and oxygen atoms in total. The van der Waals surface area contributed by atoms with Crippen LogP contribution in [0.2, 0.25) is 0 Å². The van der Waals surface area contributed by atoms with E-state index < -0.39 is 5.54 Å². The number of para-hydroxylation sites is 2. The molecule has 5 rings (SSSR count). The number of hydrogen-bond acceptors (Lipinski definition) is 5. The van der Waals surface area contributed by atoms with Gasteiger partial charge in [0.25, 0.3) is 5.91 Å². The van der Waals surface area contributed by atoms with Crippen LogP contribution in [0.25, 0.3) is 0 Å². The molecule has 7 heteroatoms. The van der Waals surface area contributed by atoms with Gasteiger partial charge in [-0.05, 0) is 23.3 Å². The first kappa shape index (κ1) is 23.9. The minimum atomic E-state index is -1.00. The van der Waals surface area contributed by atoms with Crippen LogP contribution in [0, 0.1) is 0 Å². The molecule has 0 bridgehead atoms. The molecule has 2 aliphatic heterocycles. The number of carbonyl (C=O) groups is 2. The number of imide groups is 1. The second-order valence-electron chi connectivity index (χ2n) is 9.49. The van der Waals surface area contributed by atoms with E-state index >= 15 is 0 Å². The lowest BCUT2D eigenvalue weighted by molar-refractivity contribution is -0.132. The molecule has 3 amide bonds. The first-order valence-electron chi connectivity index (χ1n) is 12.4. The molecule has 2 saturated heterocycles. The monoisotopic (exact) mass is 484 g/mol. The van der Waals surface area contributed by atoms with Gasteiger partial charge in [-0.1, -0.05) is 72.8 Å². The second-order valence-corrected chi connectivity index (χ2v) is 9.49. The molecule has 3 aromatic rings. The Balaban J connectivity index is 1.30. The third kappa shape index (κ3) is 4.93. The lowest BCUT2D eigenvalue weighted by Crippen LogP contribution is -2.53. The third-order valence-electron chi connectivity index (χ3n) is 7.08. The van der Waals surface area contributed by atoms with Crippen molar-refractivity contribution in [1.29, 1.82) is 0 Å². The minimum absolute atomic E-state index is 0.160. The highest BCUT2D eigenvalue weighted by atomic mass is 16.5. The van der Waals surface area contributed by atoms with Crippen LogP contribution >= 0.6 is 0 Å². The van der Waals surface area contributed by atoms with Gasteiger partial charge in [0.05, 0.1) is 19.5 Å². The zero-order valence-electron chi connectivity index (χ0n) is 20.6. The van der Waals surface area contributed by atoms with Crippen LogP contribution in [0.1, 0.15) is 11.1 Å². The van der Waals surface area contributed by atoms with Gasteiger partial charge in [-0.3, -0.25) is 9.69 Å². The maximum Gasteiger partial charge on any atom is 0.326 e. The summed E-state index contributed by atoms with van der Waals surface area (Å²) >= 11 is 0. The molecule has 2 aliphatic rings. The van der Waals surface area contributed by atoms with Crippen LogP contribution in [0.15, 0.2) is 84.9 Å². The number of carbonyl (C=O) groups excluding carboxylic acids is 2. The number of ether oxygens (including phenoxy) is 1. The topological polar surface area (TPSA) is 65.1 Å². The molecule has 0 spiro atoms. The van der Waals surface area contributed by atoms with Gasteiger partial charge in [0, 0.05) is 39.0 Å². The molecular formula is C29H32N4O3. The zero-order chi connectivity index (χ0) is 25.0. The molecule has 0 aliphatic carbocycles. The molecule has 0 unspecified atom stereocenters. The lowest BCUT2D eigenvalue weighted by Gasteiger charge is -2.37. The summed E-state index contributed by atoms with van der Waals surface area (Å²) in [4.78, 5) is 32.9. The SMILES string of the molecule is COc1ccccc1N1CCN(CN2C(=O)NC(Cc3ccccc3)(Cc3ccccc3)C2=O)CC1. The molecule has 36 heavy (non-hydrogen) atoms. The van der Waals surface area contributed by atoms with Gasteiger partial charge in [-0.25, -0.2) is 9.69 Å². The van der Waals surface area contributed by atoms with Crippen LogP contribution in [0.5, 0.6) is 5.75 Å². The molecule has 1 N–H and O–H groups in total. The smallest absolute Gasteiger partial charge is 0.326 e. The molecule has 2 fully saturated rings. The number of nitrogens with zero attached hydrogens (tertiary/aromatic N) is 3. The number of nitrogens with one attached hydrogen (secondary N) is 1. The van der Waals surface area contributed by atoms with Crippen LogP contribution in [0.4, 0.5) is 10.5 Å². The first-order chi connectivity index (χ1) is 17.6. The molecule has 186 valence electrons. The molecule has 2 heterocycles. The highest BCUT2D eigenvalue weighted by Gasteiger charge is 2.51. The quantitative estimate of drug-likeness (QED) is 0.496. The summed E-state index contributed by atoms with van der Waals surface area (Å²) in [5.74, 6) is 0.694. The van der Waals surface area contributed by atoms with E-state index in [0.29, 0.717) is 12.8 Å². The highest BCUT2D eigenvalue weighted by Crippen LogP contribution is 2.30. The summed E-state index contributed by atoms with van der Waals surface area (Å²) in [6.45, 7) is 3.38. The zero-order valence-corrected chi connectivity index (χ0v) is 20.6. The van der Waals surface area contributed by atoms with E-state index in [1.165, 1.54) is 4.90 Å². The van der Waals surface area contributed by atoms with E-state index in [-0.39, 0.29) is 18.6 Å². The van der Waals surface area contributed by atoms with Crippen molar-refractivity contribution in [1.82, 2.24) is 15.1 Å². The van der Waals surface area contributed by atoms with Crippen molar-refractivity contribution in [3.05, 3.63) is 96.1 Å². The van der Waals surface area contributed by atoms with Crippen LogP contribution in [0.3, 0.4) is 0 Å². The van der Waals surface area contributed by atoms with Crippen molar-refractivity contribution < 1.29 is 14.3 Å². The van der Waals surface area contributed by atoms with Crippen LogP contribution < -0.4 is 15.0 Å². The van der Waals surface area contributed by atoms with E-state index in [1.807, 2.05) is 78.9 Å². The average molecular weight is 485 g/mol. The van der Waals surface area contributed by atoms with Crippen molar-refractivity contribution in [2.24, 2.45) is 0 Å². The number of methoxy groups -OCH3 is 1. The van der Waals surface area contributed by atoms with E-state index in [4.69, 9.17) is 4.74 Å². The number of benzene rings is 3. The van der Waals surface area contributed by atoms with E-state index in [9.17, 15) is 9.59 Å². The molecular weight excluding hydrogens is 452 g/mol. The Bertz CT molecular complexity index is 1150. The first-order valence-corrected chi connectivity index (χ1v) is 12.4. The average Bonchev–Trinajstić information content (AvgIpc) is 3.14. The largest absolute Gasteiger partial charge is 0.495 e. The summed E-state index contributed by atoms with van der Waals surface area (Å²) in [7, 11) is 1.68. The van der Waals surface area contributed by atoms with Crippen molar-refractivity contribution in [2.45, 2.75) is 18.4 Å². The Morgan fingerprint density at radius 3 is 1.92 bits per heavy atom. The maximum absolute atomic E-state index is 13.9. The van der Waals surface area contributed by atoms with Gasteiger partial charge < -0.3 is 15.0 Å². The van der Waals surface area contributed by atoms with Gasteiger partial charge in [0.2, 0.25) is 0 Å². The van der Waals surface area contributed by atoms with E-state index in [1.54, 1.807) is 7.11 Å². The predicted molar refractivity (Wildman–Crippen MR) is 140 cm³/mol. The van der Waals surface area contributed by atoms with Gasteiger partial charge in [-0.2, -0.15) is 0 Å². The van der Waals surface area contributed by atoms with Gasteiger partial charge in [0.1, 0.15) is 11.3 Å². The number of anilines is 1. The molecule has 0 atom stereocenters. The Labute approximate surface area is 212 Å². The Kier molecular flexibility index (Phi) is 6.91. The number of rotatable bonds is 8. The van der Waals surface area contributed by atoms with E-state index in [0.717, 1.165) is 48.7 Å². The normalized spacial score (nSPS) is 17.8. The van der Waals surface area contributed by atoms with Crippen molar-refractivity contribution in [2.75, 3.05) is 44.9 Å². The summed E-state index contributed by atoms with van der Waals surface area (Å²) in [5.41, 5.74) is 2.11. The summed E-state index contributed by atoms with van der Waals surface area (Å²) in [5, 5.41) is 3.09. The summed E-state index contributed by atoms with van der Waals surface area (Å²) in [6.07, 6.45) is 0.900. The van der Waals surface area contributed by atoms with Gasteiger partial charge in [0.15, 0.2) is 0 Å². The number of amides is 3. The number of hydrogen-bond donors (Lipinski definition) is 1. The minimum Gasteiger partial charge on any atom is -0.495 e.